The van der Waals surface area contributed by atoms with E-state index in [1.54, 1.807) is 6.26 Å². The molecule has 0 aliphatic carbocycles. The predicted octanol–water partition coefficient (Wildman–Crippen LogP) is 18.6. The molecule has 11 aromatic carbocycles. The van der Waals surface area contributed by atoms with Crippen LogP contribution in [0, 0.1) is 0 Å². The minimum Gasteiger partial charge on any atom is -0.464 e. The van der Waals surface area contributed by atoms with Crippen molar-refractivity contribution in [2.75, 3.05) is 0 Å². The van der Waals surface area contributed by atoms with Crippen LogP contribution in [-0.4, -0.2) is 4.40 Å². The van der Waals surface area contributed by atoms with Crippen LogP contribution in [0.1, 0.15) is 22.6 Å². The minimum atomic E-state index is 0.0576. The van der Waals surface area contributed by atoms with Crippen molar-refractivity contribution in [2.45, 2.75) is 12.3 Å². The molecule has 4 aromatic heterocycles. The van der Waals surface area contributed by atoms with Gasteiger partial charge in [0.15, 0.2) is 0 Å². The van der Waals surface area contributed by atoms with Gasteiger partial charge in [0.2, 0.25) is 0 Å². The highest BCUT2D eigenvalue weighted by molar-refractivity contribution is 7.26. The third kappa shape index (κ3) is 5.84. The van der Waals surface area contributed by atoms with Crippen molar-refractivity contribution in [3.8, 4) is 33.4 Å². The summed E-state index contributed by atoms with van der Waals surface area (Å²) in [5.41, 5.74) is 15.9. The van der Waals surface area contributed by atoms with Gasteiger partial charge in [0, 0.05) is 58.6 Å². The van der Waals surface area contributed by atoms with Crippen LogP contribution in [0.25, 0.3) is 124 Å². The number of aromatic nitrogens is 1. The first-order valence-electron chi connectivity index (χ1n) is 23.9. The minimum absolute atomic E-state index is 0.0576. The van der Waals surface area contributed by atoms with Gasteiger partial charge in [-0.15, -0.1) is 11.3 Å². The summed E-state index contributed by atoms with van der Waals surface area (Å²) in [4.78, 5) is 0. The van der Waals surface area contributed by atoms with Crippen LogP contribution in [-0.2, 0) is 6.42 Å². The summed E-state index contributed by atoms with van der Waals surface area (Å²) in [7, 11) is 0. The Morgan fingerprint density at radius 3 is 2.00 bits per heavy atom. The van der Waals surface area contributed by atoms with E-state index in [9.17, 15) is 0 Å². The van der Waals surface area contributed by atoms with Gasteiger partial charge in [0.1, 0.15) is 5.58 Å². The zero-order valence-electron chi connectivity index (χ0n) is 37.5. The molecule has 0 saturated heterocycles. The standard InChI is InChI=1S/C66H41NOS/c1-2-13-40(14-3-1)48-18-4-5-19-49(48)43-16-10-17-44(35-43)57(46-28-27-41-33-34-68-61(41)39-46)37-47-38-59-58-36-45(30-32-62(58)69-66(59)56-22-7-6-20-50(47)56)51-23-12-25-54-55-31-29-42-15-11-24-53-52-21-8-9-26-60(52)67(64(51)54)65(55)63(42)53/h1-36,38-39,57H,37H2. The number of fused-ring (bicyclic) bond motifs is 12. The first kappa shape index (κ1) is 38.6. The number of benzene rings is 11. The van der Waals surface area contributed by atoms with Crippen molar-refractivity contribution in [3.63, 3.8) is 0 Å². The molecule has 0 amide bonds. The highest BCUT2D eigenvalue weighted by Crippen LogP contribution is 2.47. The summed E-state index contributed by atoms with van der Waals surface area (Å²) in [5.74, 6) is 0.0576. The van der Waals surface area contributed by atoms with E-state index in [0.717, 1.165) is 17.4 Å². The van der Waals surface area contributed by atoms with Crippen molar-refractivity contribution < 1.29 is 4.42 Å². The van der Waals surface area contributed by atoms with Crippen LogP contribution in [0.3, 0.4) is 0 Å². The molecular formula is C66H41NOS. The normalized spacial score (nSPS) is 12.6. The van der Waals surface area contributed by atoms with Crippen molar-refractivity contribution in [2.24, 2.45) is 0 Å². The summed E-state index contributed by atoms with van der Waals surface area (Å²) >= 11 is 1.91. The molecule has 1 unspecified atom stereocenters. The molecule has 1 atom stereocenters. The Bertz CT molecular complexity index is 4530. The van der Waals surface area contributed by atoms with Gasteiger partial charge in [0.25, 0.3) is 0 Å². The Morgan fingerprint density at radius 1 is 0.406 bits per heavy atom. The van der Waals surface area contributed by atoms with E-state index in [0.29, 0.717) is 0 Å². The lowest BCUT2D eigenvalue weighted by Crippen LogP contribution is -2.06. The van der Waals surface area contributed by atoms with E-state index in [1.165, 1.54) is 130 Å². The van der Waals surface area contributed by atoms with Gasteiger partial charge in [-0.1, -0.05) is 188 Å². The fraction of sp³-hybridized carbons (Fsp3) is 0.0303. The van der Waals surface area contributed by atoms with Gasteiger partial charge in [-0.25, -0.2) is 0 Å². The first-order chi connectivity index (χ1) is 34.2. The molecule has 0 saturated carbocycles. The van der Waals surface area contributed by atoms with Gasteiger partial charge in [0.05, 0.1) is 22.8 Å². The second-order valence-corrected chi connectivity index (χ2v) is 19.8. The summed E-state index contributed by atoms with van der Waals surface area (Å²) in [5, 5.41) is 14.1. The van der Waals surface area contributed by atoms with Crippen molar-refractivity contribution in [3.05, 3.63) is 247 Å². The largest absolute Gasteiger partial charge is 0.464 e. The summed E-state index contributed by atoms with van der Waals surface area (Å²) < 4.78 is 11.3. The van der Waals surface area contributed by atoms with E-state index < -0.39 is 0 Å². The number of thiophene rings is 1. The lowest BCUT2D eigenvalue weighted by molar-refractivity contribution is 0.614. The molecular weight excluding hydrogens is 855 g/mol. The fourth-order valence-corrected chi connectivity index (χ4v) is 13.1. The quantitative estimate of drug-likeness (QED) is 0.115. The molecule has 0 N–H and O–H groups in total. The summed E-state index contributed by atoms with van der Waals surface area (Å²) in [6.45, 7) is 0. The molecule has 15 rings (SSSR count). The molecule has 0 spiro atoms. The third-order valence-corrected chi connectivity index (χ3v) is 16.2. The maximum absolute atomic E-state index is 6.06. The molecule has 322 valence electrons. The molecule has 0 aliphatic rings. The monoisotopic (exact) mass is 895 g/mol. The maximum Gasteiger partial charge on any atom is 0.134 e. The highest BCUT2D eigenvalue weighted by atomic mass is 32.1. The Balaban J connectivity index is 0.926. The summed E-state index contributed by atoms with van der Waals surface area (Å²) in [6.07, 6.45) is 2.62. The van der Waals surface area contributed by atoms with Crippen molar-refractivity contribution in [1.82, 2.24) is 4.40 Å². The number of hydrogen-bond donors (Lipinski definition) is 0. The number of pyridine rings is 1. The van der Waals surface area contributed by atoms with E-state index in [1.807, 2.05) is 11.3 Å². The third-order valence-electron chi connectivity index (χ3n) is 15.0. The molecule has 0 radical (unpaired) electrons. The van der Waals surface area contributed by atoms with E-state index in [-0.39, 0.29) is 5.92 Å². The number of para-hydroxylation sites is 2. The SMILES string of the molecule is c1ccc(-c2ccccc2-c2cccc(C(Cc3cc4c5cc(-c6cccc7c8ccc9cccc%10c%11ccccc%11n(c67)c8c9%10)ccc5sc4c4ccccc34)c3ccc4ccoc4c3)c2)cc1. The van der Waals surface area contributed by atoms with Gasteiger partial charge >= 0.3 is 0 Å². The lowest BCUT2D eigenvalue weighted by atomic mass is 9.82. The van der Waals surface area contributed by atoms with E-state index in [4.69, 9.17) is 4.42 Å². The Hall–Kier alpha value is -8.50. The topological polar surface area (TPSA) is 17.6 Å². The molecule has 3 heteroatoms. The number of furan rings is 1. The Labute approximate surface area is 401 Å². The number of hydrogen-bond acceptors (Lipinski definition) is 2. The van der Waals surface area contributed by atoms with Crippen LogP contribution in [0.5, 0.6) is 0 Å². The van der Waals surface area contributed by atoms with Crippen LogP contribution in [0.2, 0.25) is 0 Å². The number of nitrogens with zero attached hydrogens (tertiary/aromatic N) is 1. The zero-order valence-corrected chi connectivity index (χ0v) is 38.3. The molecule has 2 nitrogen and oxygen atoms in total. The second kappa shape index (κ2) is 15.0. The predicted molar refractivity (Wildman–Crippen MR) is 294 cm³/mol. The highest BCUT2D eigenvalue weighted by Gasteiger charge is 2.23. The molecule has 0 bridgehead atoms. The molecule has 69 heavy (non-hydrogen) atoms. The maximum atomic E-state index is 6.06. The average molecular weight is 896 g/mol. The van der Waals surface area contributed by atoms with Gasteiger partial charge < -0.3 is 8.82 Å². The van der Waals surface area contributed by atoms with Crippen molar-refractivity contribution >= 4 is 102 Å². The first-order valence-corrected chi connectivity index (χ1v) is 24.7. The van der Waals surface area contributed by atoms with Crippen LogP contribution < -0.4 is 0 Å². The number of rotatable bonds is 7. The van der Waals surface area contributed by atoms with Gasteiger partial charge in [-0.05, 0) is 109 Å². The smallest absolute Gasteiger partial charge is 0.134 e. The van der Waals surface area contributed by atoms with E-state index >= 15 is 0 Å². The molecule has 0 fully saturated rings. The molecule has 4 heterocycles. The van der Waals surface area contributed by atoms with Crippen LogP contribution >= 0.6 is 11.3 Å². The van der Waals surface area contributed by atoms with Gasteiger partial charge in [-0.2, -0.15) is 0 Å². The Kier molecular flexibility index (Phi) is 8.39. The van der Waals surface area contributed by atoms with Gasteiger partial charge in [-0.3, -0.25) is 0 Å². The van der Waals surface area contributed by atoms with Crippen LogP contribution in [0.15, 0.2) is 235 Å². The second-order valence-electron chi connectivity index (χ2n) is 18.7. The molecule has 15 aromatic rings. The average Bonchev–Trinajstić information content (AvgIpc) is 4.14. The lowest BCUT2D eigenvalue weighted by Gasteiger charge is -2.21. The summed E-state index contributed by atoms with van der Waals surface area (Å²) in [6, 6.07) is 83.6. The fourth-order valence-electron chi connectivity index (χ4n) is 11.9. The Morgan fingerprint density at radius 2 is 1.09 bits per heavy atom. The zero-order chi connectivity index (χ0) is 45.2. The van der Waals surface area contributed by atoms with Crippen LogP contribution in [0.4, 0.5) is 0 Å². The molecule has 0 aliphatic heterocycles. The van der Waals surface area contributed by atoms with E-state index in [2.05, 4.69) is 229 Å². The van der Waals surface area contributed by atoms with Crippen molar-refractivity contribution in [1.29, 1.82) is 0 Å².